The average Bonchev–Trinajstić information content (AvgIpc) is 3.47. The van der Waals surface area contributed by atoms with E-state index in [-0.39, 0.29) is 37.2 Å². The van der Waals surface area contributed by atoms with Gasteiger partial charge in [-0.3, -0.25) is 19.3 Å². The van der Waals surface area contributed by atoms with Crippen molar-refractivity contribution in [3.8, 4) is 0 Å². The first-order chi connectivity index (χ1) is 14.3. The quantitative estimate of drug-likeness (QED) is 0.570. The second kappa shape index (κ2) is 9.43. The fourth-order valence-electron chi connectivity index (χ4n) is 3.34. The highest BCUT2D eigenvalue weighted by Gasteiger charge is 2.37. The summed E-state index contributed by atoms with van der Waals surface area (Å²) in [7, 11) is 0. The number of amides is 3. The molecule has 1 aliphatic heterocycles. The van der Waals surface area contributed by atoms with E-state index in [0.29, 0.717) is 12.3 Å². The number of ether oxygens (including phenoxy) is 1. The summed E-state index contributed by atoms with van der Waals surface area (Å²) in [6, 6.07) is 2.09. The molecule has 11 heteroatoms. The van der Waals surface area contributed by atoms with Gasteiger partial charge in [0.2, 0.25) is 5.91 Å². The second-order valence-electron chi connectivity index (χ2n) is 7.34. The Morgan fingerprint density at radius 1 is 1.33 bits per heavy atom. The molecule has 0 aromatic heterocycles. The maximum absolute atomic E-state index is 14.6. The van der Waals surface area contributed by atoms with Crippen LogP contribution in [-0.4, -0.2) is 67.9 Å². The summed E-state index contributed by atoms with van der Waals surface area (Å²) in [6.45, 7) is -0.198. The number of hydrogen-bond acceptors (Lipinski definition) is 5. The van der Waals surface area contributed by atoms with Crippen LogP contribution in [0.2, 0.25) is 0 Å². The lowest BCUT2D eigenvalue weighted by Gasteiger charge is -2.29. The number of benzene rings is 1. The number of nitrogens with two attached hydrogens (primary N) is 1. The van der Waals surface area contributed by atoms with E-state index in [9.17, 15) is 27.6 Å². The first-order valence-electron chi connectivity index (χ1n) is 9.56. The van der Waals surface area contributed by atoms with Crippen LogP contribution in [0.4, 0.5) is 24.5 Å². The van der Waals surface area contributed by atoms with Crippen LogP contribution in [-0.2, 0) is 19.1 Å². The van der Waals surface area contributed by atoms with Gasteiger partial charge in [-0.2, -0.15) is 0 Å². The summed E-state index contributed by atoms with van der Waals surface area (Å²) in [4.78, 5) is 38.8. The van der Waals surface area contributed by atoms with E-state index in [2.05, 4.69) is 5.32 Å². The zero-order valence-corrected chi connectivity index (χ0v) is 16.2. The van der Waals surface area contributed by atoms with E-state index in [1.54, 1.807) is 0 Å². The van der Waals surface area contributed by atoms with Crippen LogP contribution in [0.5, 0.6) is 0 Å². The molecule has 2 fully saturated rings. The molecule has 3 rings (SSSR count). The van der Waals surface area contributed by atoms with Crippen LogP contribution in [0.3, 0.4) is 0 Å². The number of alkyl halides is 2. The normalized spacial score (nSPS) is 18.0. The van der Waals surface area contributed by atoms with E-state index in [1.165, 1.54) is 17.0 Å². The molecule has 164 valence electrons. The van der Waals surface area contributed by atoms with Crippen LogP contribution < -0.4 is 16.0 Å². The number of primary amides is 1. The molecule has 3 N–H and O–H groups in total. The van der Waals surface area contributed by atoms with E-state index >= 15 is 0 Å². The van der Waals surface area contributed by atoms with Gasteiger partial charge < -0.3 is 20.7 Å². The van der Waals surface area contributed by atoms with Crippen molar-refractivity contribution < 1.29 is 32.3 Å². The number of hydrogen-bond donors (Lipinski definition) is 2. The first-order valence-corrected chi connectivity index (χ1v) is 9.56. The number of rotatable bonds is 9. The van der Waals surface area contributed by atoms with Crippen LogP contribution in [0, 0.1) is 11.7 Å². The zero-order chi connectivity index (χ0) is 21.8. The lowest BCUT2D eigenvalue weighted by Crippen LogP contribution is -2.54. The smallest absolute Gasteiger partial charge is 0.253 e. The summed E-state index contributed by atoms with van der Waals surface area (Å²) in [5.41, 5.74) is 5.34. The Bertz CT molecular complexity index is 815. The predicted molar refractivity (Wildman–Crippen MR) is 101 cm³/mol. The zero-order valence-electron chi connectivity index (χ0n) is 16.2. The van der Waals surface area contributed by atoms with Gasteiger partial charge in [0.15, 0.2) is 6.04 Å². The third-order valence-electron chi connectivity index (χ3n) is 4.95. The maximum Gasteiger partial charge on any atom is 0.253 e. The van der Waals surface area contributed by atoms with Crippen LogP contribution in [0.1, 0.15) is 12.8 Å². The minimum absolute atomic E-state index is 0.110. The van der Waals surface area contributed by atoms with Crippen molar-refractivity contribution in [2.45, 2.75) is 25.3 Å². The van der Waals surface area contributed by atoms with Gasteiger partial charge in [0.25, 0.3) is 18.2 Å². The van der Waals surface area contributed by atoms with Gasteiger partial charge in [0, 0.05) is 18.8 Å². The topological polar surface area (TPSA) is 105 Å². The molecule has 1 aliphatic carbocycles. The molecule has 0 bridgehead atoms. The summed E-state index contributed by atoms with van der Waals surface area (Å²) in [6.07, 6.45) is -1.12. The summed E-state index contributed by atoms with van der Waals surface area (Å²) in [5.74, 6) is -3.12. The van der Waals surface area contributed by atoms with E-state index < -0.39 is 36.6 Å². The van der Waals surface area contributed by atoms with Gasteiger partial charge in [0.05, 0.1) is 18.8 Å². The highest BCUT2D eigenvalue weighted by Crippen LogP contribution is 2.31. The van der Waals surface area contributed by atoms with Crippen LogP contribution >= 0.6 is 0 Å². The molecular formula is C19H23F3N4O4. The van der Waals surface area contributed by atoms with Gasteiger partial charge in [-0.1, -0.05) is 0 Å². The van der Waals surface area contributed by atoms with E-state index in [4.69, 9.17) is 10.5 Å². The Balaban J connectivity index is 1.74. The molecule has 2 aliphatic rings. The molecule has 1 heterocycles. The molecule has 0 radical (unpaired) electrons. The molecule has 1 aromatic carbocycles. The molecule has 8 nitrogen and oxygen atoms in total. The van der Waals surface area contributed by atoms with Gasteiger partial charge in [-0.15, -0.1) is 0 Å². The number of anilines is 2. The van der Waals surface area contributed by atoms with Crippen molar-refractivity contribution in [1.29, 1.82) is 0 Å². The largest absolute Gasteiger partial charge is 0.370 e. The van der Waals surface area contributed by atoms with Crippen molar-refractivity contribution in [1.82, 2.24) is 4.90 Å². The van der Waals surface area contributed by atoms with Crippen LogP contribution in [0.25, 0.3) is 0 Å². The van der Waals surface area contributed by atoms with Gasteiger partial charge in [-0.25, -0.2) is 13.2 Å². The lowest BCUT2D eigenvalue weighted by molar-refractivity contribution is -0.133. The summed E-state index contributed by atoms with van der Waals surface area (Å²) in [5, 5.41) is 2.25. The molecule has 1 saturated carbocycles. The number of nitrogens with zero attached hydrogens (tertiary/aromatic N) is 2. The van der Waals surface area contributed by atoms with Crippen LogP contribution in [0.15, 0.2) is 18.2 Å². The average molecular weight is 428 g/mol. The number of carbonyl (C=O) groups is 3. The van der Waals surface area contributed by atoms with Crippen molar-refractivity contribution >= 4 is 29.1 Å². The molecular weight excluding hydrogens is 405 g/mol. The van der Waals surface area contributed by atoms with Gasteiger partial charge >= 0.3 is 0 Å². The van der Waals surface area contributed by atoms with Crippen molar-refractivity contribution in [2.24, 2.45) is 11.7 Å². The lowest BCUT2D eigenvalue weighted by atomic mass is 10.1. The highest BCUT2D eigenvalue weighted by atomic mass is 19.3. The Kier molecular flexibility index (Phi) is 6.93. The first kappa shape index (κ1) is 22.0. The SMILES string of the molecule is NC(=O)[C@@H](C(=O)Nc1ccc(N2CCOCC2=O)cc1F)N(CC(F)F)CC1CC1. The molecule has 1 saturated heterocycles. The Labute approximate surface area is 171 Å². The van der Waals surface area contributed by atoms with Gasteiger partial charge in [-0.05, 0) is 37.0 Å². The monoisotopic (exact) mass is 428 g/mol. The third-order valence-corrected chi connectivity index (χ3v) is 4.95. The fourth-order valence-corrected chi connectivity index (χ4v) is 3.34. The number of morpholine rings is 1. The highest BCUT2D eigenvalue weighted by molar-refractivity contribution is 6.09. The van der Waals surface area contributed by atoms with Crippen molar-refractivity contribution in [3.05, 3.63) is 24.0 Å². The third kappa shape index (κ3) is 5.48. The predicted octanol–water partition coefficient (Wildman–Crippen LogP) is 0.958. The maximum atomic E-state index is 14.6. The van der Waals surface area contributed by atoms with Crippen molar-refractivity contribution in [3.63, 3.8) is 0 Å². The Hall–Kier alpha value is -2.66. The Morgan fingerprint density at radius 2 is 2.07 bits per heavy atom. The standard InChI is InChI=1S/C19H23F3N4O4/c20-13-7-12(26-5-6-30-10-16(26)27)3-4-14(13)24-19(29)17(18(23)28)25(9-15(21)22)8-11-1-2-11/h3-4,7,11,15,17H,1-2,5-6,8-10H2,(H2,23,28)(H,24,29)/t17-/m0/s1. The molecule has 3 amide bonds. The second-order valence-corrected chi connectivity index (χ2v) is 7.34. The minimum Gasteiger partial charge on any atom is -0.370 e. The molecule has 1 aromatic rings. The van der Waals surface area contributed by atoms with E-state index in [0.717, 1.165) is 23.8 Å². The Morgan fingerprint density at radius 3 is 2.63 bits per heavy atom. The van der Waals surface area contributed by atoms with E-state index in [1.807, 2.05) is 0 Å². The number of carbonyl (C=O) groups excluding carboxylic acids is 3. The summed E-state index contributed by atoms with van der Waals surface area (Å²) < 4.78 is 45.5. The molecule has 1 atom stereocenters. The number of halogens is 3. The number of nitrogens with one attached hydrogen (secondary N) is 1. The summed E-state index contributed by atoms with van der Waals surface area (Å²) >= 11 is 0. The van der Waals surface area contributed by atoms with Gasteiger partial charge in [0.1, 0.15) is 12.4 Å². The van der Waals surface area contributed by atoms with Crippen molar-refractivity contribution in [2.75, 3.05) is 43.1 Å². The fraction of sp³-hybridized carbons (Fsp3) is 0.526. The minimum atomic E-state index is -2.76. The molecule has 30 heavy (non-hydrogen) atoms. The molecule has 0 spiro atoms. The molecule has 0 unspecified atom stereocenters.